The van der Waals surface area contributed by atoms with Gasteiger partial charge in [0.15, 0.2) is 0 Å². The molecule has 1 aliphatic rings. The molecule has 0 amide bonds. The topological polar surface area (TPSA) is 12.9 Å². The first-order valence-corrected chi connectivity index (χ1v) is 9.54. The van der Waals surface area contributed by atoms with Gasteiger partial charge in [-0.3, -0.25) is 4.98 Å². The maximum atomic E-state index is 4.26. The Kier molecular flexibility index (Phi) is 8.24. The van der Waals surface area contributed by atoms with E-state index < -0.39 is 0 Å². The Morgan fingerprint density at radius 3 is 2.14 bits per heavy atom. The van der Waals surface area contributed by atoms with Gasteiger partial charge in [-0.05, 0) is 67.4 Å². The minimum Gasteiger partial charge on any atom is -0.265 e. The Hall–Kier alpha value is -0.500. The number of hydrogen-bond donors (Lipinski definition) is 1. The van der Waals surface area contributed by atoms with Crippen LogP contribution in [0.4, 0.5) is 0 Å². The van der Waals surface area contributed by atoms with Crippen molar-refractivity contribution >= 4 is 12.6 Å². The lowest BCUT2D eigenvalue weighted by atomic mass is 9.77. The first-order valence-electron chi connectivity index (χ1n) is 8.91. The molecule has 1 aromatic heterocycles. The summed E-state index contributed by atoms with van der Waals surface area (Å²) >= 11 is 4.26. The van der Waals surface area contributed by atoms with E-state index in [-0.39, 0.29) is 0 Å². The van der Waals surface area contributed by atoms with Gasteiger partial charge in [0, 0.05) is 12.4 Å². The third kappa shape index (κ3) is 6.42. The van der Waals surface area contributed by atoms with Crippen LogP contribution in [-0.4, -0.2) is 10.7 Å². The predicted octanol–water partition coefficient (Wildman–Crippen LogP) is 6.02. The van der Waals surface area contributed by atoms with E-state index in [0.29, 0.717) is 0 Å². The van der Waals surface area contributed by atoms with Crippen molar-refractivity contribution in [1.29, 1.82) is 0 Å². The molecule has 2 rings (SSSR count). The van der Waals surface area contributed by atoms with E-state index in [1.807, 2.05) is 12.4 Å². The molecule has 2 heteroatoms. The van der Waals surface area contributed by atoms with Crippen LogP contribution in [0, 0.1) is 5.92 Å². The second-order valence-electron chi connectivity index (χ2n) is 6.63. The molecule has 0 aromatic carbocycles. The third-order valence-corrected chi connectivity index (χ3v) is 5.36. The number of hydrogen-bond acceptors (Lipinski definition) is 2. The monoisotopic (exact) mass is 305 g/mol. The van der Waals surface area contributed by atoms with Crippen LogP contribution in [0.2, 0.25) is 0 Å². The molecule has 0 spiro atoms. The van der Waals surface area contributed by atoms with Gasteiger partial charge in [-0.2, -0.15) is 12.6 Å². The number of pyridine rings is 1. The summed E-state index contributed by atoms with van der Waals surface area (Å²) in [6, 6.07) is 4.41. The van der Waals surface area contributed by atoms with Crippen molar-refractivity contribution in [3.05, 3.63) is 30.1 Å². The Bertz CT molecular complexity index is 357. The van der Waals surface area contributed by atoms with Crippen LogP contribution < -0.4 is 0 Å². The predicted molar refractivity (Wildman–Crippen MR) is 95.1 cm³/mol. The zero-order valence-electron chi connectivity index (χ0n) is 13.3. The van der Waals surface area contributed by atoms with E-state index >= 15 is 0 Å². The van der Waals surface area contributed by atoms with Gasteiger partial charge < -0.3 is 0 Å². The molecule has 0 aliphatic heterocycles. The van der Waals surface area contributed by atoms with Crippen molar-refractivity contribution in [2.45, 2.75) is 76.5 Å². The van der Waals surface area contributed by atoms with Crippen LogP contribution in [-0.2, 0) is 0 Å². The minimum atomic E-state index is 0.797. The van der Waals surface area contributed by atoms with Gasteiger partial charge >= 0.3 is 0 Å². The number of rotatable bonds is 9. The van der Waals surface area contributed by atoms with E-state index in [0.717, 1.165) is 17.6 Å². The molecule has 0 bridgehead atoms. The molecular weight excluding hydrogens is 274 g/mol. The number of aromatic nitrogens is 1. The fourth-order valence-electron chi connectivity index (χ4n) is 3.67. The lowest BCUT2D eigenvalue weighted by Gasteiger charge is -2.28. The van der Waals surface area contributed by atoms with E-state index in [4.69, 9.17) is 0 Å². The molecule has 1 saturated carbocycles. The SMILES string of the molecule is SCCCCCCCCC1CCC(c2ccncc2)CC1. The van der Waals surface area contributed by atoms with Gasteiger partial charge in [-0.25, -0.2) is 0 Å². The van der Waals surface area contributed by atoms with Crippen molar-refractivity contribution in [3.8, 4) is 0 Å². The molecule has 1 heterocycles. The smallest absolute Gasteiger partial charge is 0.0270 e. The van der Waals surface area contributed by atoms with Crippen molar-refractivity contribution in [1.82, 2.24) is 4.98 Å². The van der Waals surface area contributed by atoms with Gasteiger partial charge in [-0.15, -0.1) is 0 Å². The molecular formula is C19H31NS. The van der Waals surface area contributed by atoms with E-state index in [1.54, 1.807) is 0 Å². The fourth-order valence-corrected chi connectivity index (χ4v) is 3.90. The second kappa shape index (κ2) is 10.3. The maximum absolute atomic E-state index is 4.26. The molecule has 1 aliphatic carbocycles. The van der Waals surface area contributed by atoms with Crippen LogP contribution in [0.15, 0.2) is 24.5 Å². The maximum Gasteiger partial charge on any atom is 0.0270 e. The Morgan fingerprint density at radius 2 is 1.48 bits per heavy atom. The molecule has 0 radical (unpaired) electrons. The molecule has 1 fully saturated rings. The Morgan fingerprint density at radius 1 is 0.857 bits per heavy atom. The summed E-state index contributed by atoms with van der Waals surface area (Å²) in [5, 5.41) is 0. The van der Waals surface area contributed by atoms with Gasteiger partial charge in [0.05, 0.1) is 0 Å². The Balaban J connectivity index is 1.53. The van der Waals surface area contributed by atoms with Gasteiger partial charge in [0.25, 0.3) is 0 Å². The van der Waals surface area contributed by atoms with Gasteiger partial charge in [0.2, 0.25) is 0 Å². The average Bonchev–Trinajstić information content (AvgIpc) is 2.55. The average molecular weight is 306 g/mol. The van der Waals surface area contributed by atoms with Crippen LogP contribution in [0.25, 0.3) is 0 Å². The molecule has 0 N–H and O–H groups in total. The summed E-state index contributed by atoms with van der Waals surface area (Å²) in [7, 11) is 0. The van der Waals surface area contributed by atoms with Gasteiger partial charge in [-0.1, -0.05) is 38.5 Å². The lowest BCUT2D eigenvalue weighted by molar-refractivity contribution is 0.301. The van der Waals surface area contributed by atoms with Crippen molar-refractivity contribution in [3.63, 3.8) is 0 Å². The van der Waals surface area contributed by atoms with E-state index in [9.17, 15) is 0 Å². The zero-order chi connectivity index (χ0) is 14.8. The standard InChI is InChI=1S/C19H31NS/c21-16-6-4-2-1-3-5-7-17-8-10-18(11-9-17)19-12-14-20-15-13-19/h12-15,17-18,21H,1-11,16H2. The summed E-state index contributed by atoms with van der Waals surface area (Å²) in [6.45, 7) is 0. The minimum absolute atomic E-state index is 0.797. The van der Waals surface area contributed by atoms with Crippen LogP contribution >= 0.6 is 12.6 Å². The normalized spacial score (nSPS) is 22.3. The summed E-state index contributed by atoms with van der Waals surface area (Å²) < 4.78 is 0. The molecule has 0 atom stereocenters. The first kappa shape index (κ1) is 16.9. The molecule has 1 nitrogen and oxygen atoms in total. The first-order chi connectivity index (χ1) is 10.4. The summed E-state index contributed by atoms with van der Waals surface area (Å²) in [5.41, 5.74) is 1.51. The molecule has 0 saturated heterocycles. The molecule has 1 aromatic rings. The highest BCUT2D eigenvalue weighted by molar-refractivity contribution is 7.80. The quantitative estimate of drug-likeness (QED) is 0.435. The van der Waals surface area contributed by atoms with E-state index in [2.05, 4.69) is 29.7 Å². The largest absolute Gasteiger partial charge is 0.265 e. The van der Waals surface area contributed by atoms with Crippen LogP contribution in [0.5, 0.6) is 0 Å². The van der Waals surface area contributed by atoms with Crippen LogP contribution in [0.1, 0.15) is 82.1 Å². The highest BCUT2D eigenvalue weighted by Gasteiger charge is 2.21. The summed E-state index contributed by atoms with van der Waals surface area (Å²) in [4.78, 5) is 4.13. The fraction of sp³-hybridized carbons (Fsp3) is 0.737. The highest BCUT2D eigenvalue weighted by Crippen LogP contribution is 2.37. The third-order valence-electron chi connectivity index (χ3n) is 5.04. The molecule has 118 valence electrons. The van der Waals surface area contributed by atoms with Crippen molar-refractivity contribution < 1.29 is 0 Å². The molecule has 21 heavy (non-hydrogen) atoms. The van der Waals surface area contributed by atoms with Crippen molar-refractivity contribution in [2.24, 2.45) is 5.92 Å². The van der Waals surface area contributed by atoms with Gasteiger partial charge in [0.1, 0.15) is 0 Å². The molecule has 0 unspecified atom stereocenters. The zero-order valence-corrected chi connectivity index (χ0v) is 14.2. The van der Waals surface area contributed by atoms with E-state index in [1.165, 1.54) is 76.2 Å². The number of thiol groups is 1. The Labute approximate surface area is 136 Å². The summed E-state index contributed by atoms with van der Waals surface area (Å²) in [5.74, 6) is 2.85. The highest BCUT2D eigenvalue weighted by atomic mass is 32.1. The number of unbranched alkanes of at least 4 members (excludes halogenated alkanes) is 5. The number of nitrogens with zero attached hydrogens (tertiary/aromatic N) is 1. The second-order valence-corrected chi connectivity index (χ2v) is 7.08. The lowest BCUT2D eigenvalue weighted by Crippen LogP contribution is -2.13. The van der Waals surface area contributed by atoms with Crippen molar-refractivity contribution in [2.75, 3.05) is 5.75 Å². The van der Waals surface area contributed by atoms with Crippen LogP contribution in [0.3, 0.4) is 0 Å². The summed E-state index contributed by atoms with van der Waals surface area (Å²) in [6.07, 6.45) is 19.4.